The second kappa shape index (κ2) is 5.84. The minimum absolute atomic E-state index is 0.0682. The number of amides is 3. The van der Waals surface area contributed by atoms with Crippen molar-refractivity contribution < 1.29 is 9.59 Å². The van der Waals surface area contributed by atoms with E-state index in [4.69, 9.17) is 0 Å². The summed E-state index contributed by atoms with van der Waals surface area (Å²) in [5, 5.41) is 3.79. The Morgan fingerprint density at radius 3 is 2.75 bits per heavy atom. The molecule has 2 aromatic rings. The zero-order valence-corrected chi connectivity index (χ0v) is 14.6. The zero-order valence-electron chi connectivity index (χ0n) is 13.7. The SMILES string of the molecule is CCC1CCC2(CC1)NC(=O)N(Cc1nc3ccccc3s1)C2=O. The molecule has 3 amide bonds. The molecule has 0 radical (unpaired) electrons. The van der Waals surface area contributed by atoms with Gasteiger partial charge in [-0.3, -0.25) is 9.69 Å². The van der Waals surface area contributed by atoms with Crippen molar-refractivity contribution in [3.8, 4) is 0 Å². The van der Waals surface area contributed by atoms with E-state index in [0.29, 0.717) is 5.92 Å². The first-order chi connectivity index (χ1) is 11.6. The second-order valence-corrected chi connectivity index (χ2v) is 7.95. The number of rotatable bonds is 3. The topological polar surface area (TPSA) is 62.3 Å². The van der Waals surface area contributed by atoms with Crippen LogP contribution in [0.15, 0.2) is 24.3 Å². The maximum atomic E-state index is 12.9. The molecule has 4 rings (SSSR count). The molecule has 1 aliphatic carbocycles. The Morgan fingerprint density at radius 1 is 1.29 bits per heavy atom. The number of fused-ring (bicyclic) bond motifs is 1. The summed E-state index contributed by atoms with van der Waals surface area (Å²) in [4.78, 5) is 31.2. The van der Waals surface area contributed by atoms with E-state index in [1.54, 1.807) is 11.3 Å². The number of urea groups is 1. The number of nitrogens with one attached hydrogen (secondary N) is 1. The molecule has 0 bridgehead atoms. The Morgan fingerprint density at radius 2 is 2.04 bits per heavy atom. The summed E-state index contributed by atoms with van der Waals surface area (Å²) >= 11 is 1.54. The van der Waals surface area contributed by atoms with Crippen molar-refractivity contribution in [2.45, 2.75) is 51.1 Å². The minimum Gasteiger partial charge on any atom is -0.323 e. The van der Waals surface area contributed by atoms with Gasteiger partial charge in [0.2, 0.25) is 0 Å². The largest absolute Gasteiger partial charge is 0.325 e. The van der Waals surface area contributed by atoms with Crippen LogP contribution in [0, 0.1) is 5.92 Å². The maximum absolute atomic E-state index is 12.9. The van der Waals surface area contributed by atoms with Crippen LogP contribution in [-0.2, 0) is 11.3 Å². The molecule has 1 saturated carbocycles. The third kappa shape index (κ3) is 2.49. The quantitative estimate of drug-likeness (QED) is 0.865. The number of hydrogen-bond acceptors (Lipinski definition) is 4. The molecule has 0 atom stereocenters. The van der Waals surface area contributed by atoms with Gasteiger partial charge in [0.25, 0.3) is 5.91 Å². The molecule has 6 heteroatoms. The lowest BCUT2D eigenvalue weighted by Gasteiger charge is -2.34. The Kier molecular flexibility index (Phi) is 3.79. The summed E-state index contributed by atoms with van der Waals surface area (Å²) in [6, 6.07) is 7.61. The summed E-state index contributed by atoms with van der Waals surface area (Å²) < 4.78 is 1.08. The first-order valence-electron chi connectivity index (χ1n) is 8.60. The molecule has 1 spiro atoms. The summed E-state index contributed by atoms with van der Waals surface area (Å²) in [6.07, 6.45) is 4.68. The first kappa shape index (κ1) is 15.6. The number of thiazole rings is 1. The van der Waals surface area contributed by atoms with Crippen LogP contribution in [0.1, 0.15) is 44.0 Å². The number of nitrogens with zero attached hydrogens (tertiary/aromatic N) is 2. The third-order valence-electron chi connectivity index (χ3n) is 5.41. The van der Waals surface area contributed by atoms with Crippen LogP contribution in [0.5, 0.6) is 0 Å². The van der Waals surface area contributed by atoms with E-state index in [2.05, 4.69) is 17.2 Å². The molecule has 1 saturated heterocycles. The van der Waals surface area contributed by atoms with Gasteiger partial charge in [-0.25, -0.2) is 9.78 Å². The van der Waals surface area contributed by atoms with E-state index in [1.165, 1.54) is 4.90 Å². The summed E-state index contributed by atoms with van der Waals surface area (Å²) in [5.74, 6) is 0.611. The van der Waals surface area contributed by atoms with Crippen molar-refractivity contribution in [1.29, 1.82) is 0 Å². The summed E-state index contributed by atoms with van der Waals surface area (Å²) in [6.45, 7) is 2.46. The molecule has 24 heavy (non-hydrogen) atoms. The standard InChI is InChI=1S/C18H21N3O2S/c1-2-12-7-9-18(10-8-12)16(22)21(17(23)20-18)11-15-19-13-5-3-4-6-14(13)24-15/h3-6,12H,2,7-11H2,1H3,(H,20,23). The Balaban J connectivity index is 1.53. The van der Waals surface area contributed by atoms with Crippen molar-refractivity contribution in [3.05, 3.63) is 29.3 Å². The van der Waals surface area contributed by atoms with Gasteiger partial charge in [-0.1, -0.05) is 25.5 Å². The molecule has 126 valence electrons. The van der Waals surface area contributed by atoms with Gasteiger partial charge in [0.1, 0.15) is 10.5 Å². The molecular formula is C18H21N3O2S. The number of carbonyl (C=O) groups is 2. The number of aromatic nitrogens is 1. The fourth-order valence-electron chi connectivity index (χ4n) is 3.86. The van der Waals surface area contributed by atoms with Crippen molar-refractivity contribution in [1.82, 2.24) is 15.2 Å². The van der Waals surface area contributed by atoms with Crippen LogP contribution in [0.2, 0.25) is 0 Å². The highest BCUT2D eigenvalue weighted by Gasteiger charge is 2.52. The molecular weight excluding hydrogens is 322 g/mol. The highest BCUT2D eigenvalue weighted by molar-refractivity contribution is 7.18. The van der Waals surface area contributed by atoms with E-state index >= 15 is 0 Å². The maximum Gasteiger partial charge on any atom is 0.325 e. The second-order valence-electron chi connectivity index (χ2n) is 6.83. The number of carbonyl (C=O) groups excluding carboxylic acids is 2. The van der Waals surface area contributed by atoms with Crippen LogP contribution in [0.4, 0.5) is 4.79 Å². The molecule has 0 unspecified atom stereocenters. The van der Waals surface area contributed by atoms with Gasteiger partial charge >= 0.3 is 6.03 Å². The van der Waals surface area contributed by atoms with Crippen molar-refractivity contribution >= 4 is 33.5 Å². The fourth-order valence-corrected chi connectivity index (χ4v) is 4.82. The van der Waals surface area contributed by atoms with E-state index in [-0.39, 0.29) is 18.5 Å². The Labute approximate surface area is 145 Å². The molecule has 2 aliphatic rings. The number of para-hydroxylation sites is 1. The van der Waals surface area contributed by atoms with Gasteiger partial charge in [0.15, 0.2) is 0 Å². The molecule has 1 aliphatic heterocycles. The van der Waals surface area contributed by atoms with E-state index in [0.717, 1.165) is 47.3 Å². The first-order valence-corrected chi connectivity index (χ1v) is 9.41. The Bertz CT molecular complexity index is 759. The molecule has 5 nitrogen and oxygen atoms in total. The highest BCUT2D eigenvalue weighted by Crippen LogP contribution is 2.38. The van der Waals surface area contributed by atoms with Gasteiger partial charge in [-0.05, 0) is 43.7 Å². The average molecular weight is 343 g/mol. The monoisotopic (exact) mass is 343 g/mol. The third-order valence-corrected chi connectivity index (χ3v) is 6.43. The van der Waals surface area contributed by atoms with Crippen molar-refractivity contribution in [3.63, 3.8) is 0 Å². The fraction of sp³-hybridized carbons (Fsp3) is 0.500. The zero-order chi connectivity index (χ0) is 16.7. The number of hydrogen-bond donors (Lipinski definition) is 1. The van der Waals surface area contributed by atoms with Gasteiger partial charge in [0.05, 0.1) is 16.8 Å². The Hall–Kier alpha value is -1.95. The van der Waals surface area contributed by atoms with E-state index in [1.807, 2.05) is 24.3 Å². The van der Waals surface area contributed by atoms with E-state index < -0.39 is 5.54 Å². The van der Waals surface area contributed by atoms with E-state index in [9.17, 15) is 9.59 Å². The summed E-state index contributed by atoms with van der Waals surface area (Å²) in [7, 11) is 0. The number of benzene rings is 1. The lowest BCUT2D eigenvalue weighted by molar-refractivity contribution is -0.133. The van der Waals surface area contributed by atoms with Gasteiger partial charge < -0.3 is 5.32 Å². The van der Waals surface area contributed by atoms with Crippen LogP contribution < -0.4 is 5.32 Å². The van der Waals surface area contributed by atoms with Gasteiger partial charge in [0, 0.05) is 0 Å². The highest BCUT2D eigenvalue weighted by atomic mass is 32.1. The van der Waals surface area contributed by atoms with Crippen LogP contribution in [0.25, 0.3) is 10.2 Å². The predicted molar refractivity (Wildman–Crippen MR) is 93.7 cm³/mol. The molecule has 2 fully saturated rings. The lowest BCUT2D eigenvalue weighted by atomic mass is 9.75. The van der Waals surface area contributed by atoms with Gasteiger partial charge in [-0.2, -0.15) is 0 Å². The molecule has 2 heterocycles. The van der Waals surface area contributed by atoms with Crippen molar-refractivity contribution in [2.24, 2.45) is 5.92 Å². The lowest BCUT2D eigenvalue weighted by Crippen LogP contribution is -2.49. The minimum atomic E-state index is -0.667. The molecule has 1 aromatic carbocycles. The smallest absolute Gasteiger partial charge is 0.323 e. The molecule has 1 aromatic heterocycles. The molecule has 1 N–H and O–H groups in total. The summed E-state index contributed by atoms with van der Waals surface area (Å²) in [5.41, 5.74) is 0.252. The van der Waals surface area contributed by atoms with Crippen LogP contribution >= 0.6 is 11.3 Å². The number of imide groups is 1. The van der Waals surface area contributed by atoms with Gasteiger partial charge in [-0.15, -0.1) is 11.3 Å². The van der Waals surface area contributed by atoms with Crippen LogP contribution in [-0.4, -0.2) is 27.4 Å². The average Bonchev–Trinajstić information content (AvgIpc) is 3.10. The van der Waals surface area contributed by atoms with Crippen LogP contribution in [0.3, 0.4) is 0 Å². The van der Waals surface area contributed by atoms with Crippen molar-refractivity contribution in [2.75, 3.05) is 0 Å². The normalized spacial score (nSPS) is 27.2. The predicted octanol–water partition coefficient (Wildman–Crippen LogP) is 3.69.